The summed E-state index contributed by atoms with van der Waals surface area (Å²) >= 11 is 0. The lowest BCUT2D eigenvalue weighted by Crippen LogP contribution is -2.25. The highest BCUT2D eigenvalue weighted by Crippen LogP contribution is 2.29. The maximum atomic E-state index is 11.6. The normalized spacial score (nSPS) is 10.7. The summed E-state index contributed by atoms with van der Waals surface area (Å²) in [6.07, 6.45) is 2.62. The fourth-order valence-corrected chi connectivity index (χ4v) is 2.13. The first-order valence-corrected chi connectivity index (χ1v) is 7.62. The number of aromatic amines is 2. The molecule has 0 radical (unpaired) electrons. The fraction of sp³-hybridized carbons (Fsp3) is 0.188. The molecule has 1 heterocycles. The van der Waals surface area contributed by atoms with Crippen molar-refractivity contribution in [2.45, 2.75) is 6.92 Å². The van der Waals surface area contributed by atoms with Gasteiger partial charge in [-0.3, -0.25) is 19.9 Å². The van der Waals surface area contributed by atoms with E-state index in [1.165, 1.54) is 24.3 Å². The van der Waals surface area contributed by atoms with Gasteiger partial charge in [0.2, 0.25) is 0 Å². The van der Waals surface area contributed by atoms with Crippen molar-refractivity contribution in [3.05, 3.63) is 60.4 Å². The predicted molar refractivity (Wildman–Crippen MR) is 94.0 cm³/mol. The number of nitro groups is 1. The van der Waals surface area contributed by atoms with E-state index in [2.05, 4.69) is 4.98 Å². The molecule has 0 atom stereocenters. The number of carbonyl (C=O) groups is 1. The van der Waals surface area contributed by atoms with Gasteiger partial charge in [-0.2, -0.15) is 0 Å². The Morgan fingerprint density at radius 3 is 2.59 bits per heavy atom. The van der Waals surface area contributed by atoms with E-state index in [0.29, 0.717) is 12.2 Å². The first-order chi connectivity index (χ1) is 12.8. The lowest BCUT2D eigenvalue weighted by atomic mass is 10.1. The van der Waals surface area contributed by atoms with Crippen LogP contribution in [0.25, 0.3) is 12.2 Å². The maximum absolute atomic E-state index is 11.6. The van der Waals surface area contributed by atoms with Gasteiger partial charge in [0.1, 0.15) is 5.69 Å². The third kappa shape index (κ3) is 5.04. The second-order valence-corrected chi connectivity index (χ2v) is 5.08. The highest BCUT2D eigenvalue weighted by atomic mass is 16.6. The standard InChI is InChI=1S/C16H15N3O8/c1-2-26-12-7-9(4-6-11(12)27-8-13(20)21)3-5-10-14(19(24)25)15(22)18-16(23)17-10/h3-7H,2,8H2,1H3,(H,20,21)(H2,17,18,22,23). The van der Waals surface area contributed by atoms with Gasteiger partial charge in [-0.05, 0) is 30.7 Å². The highest BCUT2D eigenvalue weighted by Gasteiger charge is 2.18. The van der Waals surface area contributed by atoms with Gasteiger partial charge in [0.25, 0.3) is 0 Å². The molecule has 0 amide bonds. The van der Waals surface area contributed by atoms with E-state index in [9.17, 15) is 24.5 Å². The molecule has 0 fully saturated rings. The number of nitrogens with one attached hydrogen (secondary N) is 2. The van der Waals surface area contributed by atoms with Crippen LogP contribution in [0.4, 0.5) is 5.69 Å². The average Bonchev–Trinajstić information content (AvgIpc) is 2.58. The Bertz CT molecular complexity index is 1010. The molecular formula is C16H15N3O8. The van der Waals surface area contributed by atoms with Gasteiger partial charge in [0.05, 0.1) is 11.5 Å². The maximum Gasteiger partial charge on any atom is 0.357 e. The number of benzene rings is 1. The van der Waals surface area contributed by atoms with Crippen LogP contribution in [0.2, 0.25) is 0 Å². The van der Waals surface area contributed by atoms with Crippen molar-refractivity contribution in [3.8, 4) is 11.5 Å². The molecule has 0 unspecified atom stereocenters. The Hall–Kier alpha value is -3.89. The second-order valence-electron chi connectivity index (χ2n) is 5.08. The summed E-state index contributed by atoms with van der Waals surface area (Å²) in [7, 11) is 0. The Morgan fingerprint density at radius 1 is 1.22 bits per heavy atom. The molecule has 1 aromatic carbocycles. The fourth-order valence-electron chi connectivity index (χ4n) is 2.13. The van der Waals surface area contributed by atoms with E-state index in [-0.39, 0.29) is 17.2 Å². The van der Waals surface area contributed by atoms with Crippen molar-refractivity contribution in [3.63, 3.8) is 0 Å². The molecule has 0 aliphatic carbocycles. The highest BCUT2D eigenvalue weighted by molar-refractivity contribution is 5.73. The third-order valence-electron chi connectivity index (χ3n) is 3.19. The lowest BCUT2D eigenvalue weighted by Gasteiger charge is -2.11. The van der Waals surface area contributed by atoms with Crippen LogP contribution in [0.5, 0.6) is 11.5 Å². The zero-order valence-electron chi connectivity index (χ0n) is 14.1. The van der Waals surface area contributed by atoms with Crippen molar-refractivity contribution >= 4 is 23.8 Å². The first kappa shape index (κ1) is 19.4. The number of H-pyrrole nitrogens is 2. The number of aromatic nitrogens is 2. The Kier molecular flexibility index (Phi) is 6.10. The Morgan fingerprint density at radius 2 is 1.96 bits per heavy atom. The molecule has 2 aromatic rings. The molecule has 0 saturated carbocycles. The van der Waals surface area contributed by atoms with Crippen LogP contribution >= 0.6 is 0 Å². The second kappa shape index (κ2) is 8.47. The molecule has 0 bridgehead atoms. The van der Waals surface area contributed by atoms with Crippen LogP contribution in [0, 0.1) is 10.1 Å². The number of nitrogens with zero attached hydrogens (tertiary/aromatic N) is 1. The van der Waals surface area contributed by atoms with Crippen LogP contribution in [0.1, 0.15) is 18.2 Å². The van der Waals surface area contributed by atoms with Gasteiger partial charge in [-0.1, -0.05) is 12.1 Å². The molecule has 0 aliphatic heterocycles. The molecular weight excluding hydrogens is 362 g/mol. The average molecular weight is 377 g/mol. The molecule has 1 aromatic heterocycles. The number of hydrogen-bond acceptors (Lipinski definition) is 7. The van der Waals surface area contributed by atoms with Gasteiger partial charge in [-0.25, -0.2) is 9.59 Å². The number of hydrogen-bond donors (Lipinski definition) is 3. The third-order valence-corrected chi connectivity index (χ3v) is 3.19. The van der Waals surface area contributed by atoms with E-state index in [0.717, 1.165) is 0 Å². The largest absolute Gasteiger partial charge is 0.490 e. The summed E-state index contributed by atoms with van der Waals surface area (Å²) in [6.45, 7) is 1.48. The number of carboxylic acids is 1. The zero-order chi connectivity index (χ0) is 20.0. The van der Waals surface area contributed by atoms with E-state index >= 15 is 0 Å². The molecule has 0 spiro atoms. The minimum absolute atomic E-state index is 0.215. The summed E-state index contributed by atoms with van der Waals surface area (Å²) in [5.41, 5.74) is -2.54. The smallest absolute Gasteiger partial charge is 0.357 e. The van der Waals surface area contributed by atoms with Crippen LogP contribution in [-0.2, 0) is 4.79 Å². The minimum atomic E-state index is -1.15. The number of carboxylic acid groups (broad SMARTS) is 1. The van der Waals surface area contributed by atoms with Crippen molar-refractivity contribution in [2.75, 3.05) is 13.2 Å². The summed E-state index contributed by atoms with van der Waals surface area (Å²) < 4.78 is 10.5. The molecule has 0 aliphatic rings. The van der Waals surface area contributed by atoms with Gasteiger partial charge in [0.15, 0.2) is 18.1 Å². The van der Waals surface area contributed by atoms with E-state index in [1.54, 1.807) is 18.0 Å². The van der Waals surface area contributed by atoms with Gasteiger partial charge < -0.3 is 19.6 Å². The van der Waals surface area contributed by atoms with E-state index < -0.39 is 34.4 Å². The molecule has 27 heavy (non-hydrogen) atoms. The van der Waals surface area contributed by atoms with Crippen molar-refractivity contribution in [1.29, 1.82) is 0 Å². The Labute approximate surface area is 151 Å². The molecule has 142 valence electrons. The van der Waals surface area contributed by atoms with Crippen LogP contribution < -0.4 is 20.7 Å². The minimum Gasteiger partial charge on any atom is -0.490 e. The quantitative estimate of drug-likeness (QED) is 0.453. The lowest BCUT2D eigenvalue weighted by molar-refractivity contribution is -0.386. The van der Waals surface area contributed by atoms with Gasteiger partial charge in [-0.15, -0.1) is 0 Å². The molecule has 11 heteroatoms. The van der Waals surface area contributed by atoms with Crippen LogP contribution in [-0.4, -0.2) is 39.2 Å². The molecule has 2 rings (SSSR count). The van der Waals surface area contributed by atoms with Crippen LogP contribution in [0.15, 0.2) is 27.8 Å². The van der Waals surface area contributed by atoms with E-state index in [1.807, 2.05) is 0 Å². The zero-order valence-corrected chi connectivity index (χ0v) is 14.1. The van der Waals surface area contributed by atoms with Crippen molar-refractivity contribution in [1.82, 2.24) is 9.97 Å². The summed E-state index contributed by atoms with van der Waals surface area (Å²) in [5, 5.41) is 19.7. The topological polar surface area (TPSA) is 165 Å². The monoisotopic (exact) mass is 377 g/mol. The Balaban J connectivity index is 2.39. The van der Waals surface area contributed by atoms with Crippen molar-refractivity contribution in [2.24, 2.45) is 0 Å². The summed E-state index contributed by atoms with van der Waals surface area (Å²) in [4.78, 5) is 47.7. The van der Waals surface area contributed by atoms with E-state index in [4.69, 9.17) is 14.6 Å². The van der Waals surface area contributed by atoms with Gasteiger partial charge >= 0.3 is 22.9 Å². The summed E-state index contributed by atoms with van der Waals surface area (Å²) in [5.74, 6) is -0.659. The summed E-state index contributed by atoms with van der Waals surface area (Å²) in [6, 6.07) is 4.55. The number of ether oxygens (including phenoxy) is 2. The van der Waals surface area contributed by atoms with Gasteiger partial charge in [0, 0.05) is 0 Å². The first-order valence-electron chi connectivity index (χ1n) is 7.62. The molecule has 3 N–H and O–H groups in total. The van der Waals surface area contributed by atoms with Crippen molar-refractivity contribution < 1.29 is 24.3 Å². The SMILES string of the molecule is CCOc1cc(C=Cc2[nH]c(=O)[nH]c(=O)c2[N+](=O)[O-])ccc1OCC(=O)O. The molecule has 11 nitrogen and oxygen atoms in total. The predicted octanol–water partition coefficient (Wildman–Crippen LogP) is 1.00. The number of rotatable bonds is 8. The number of aliphatic carboxylic acids is 1. The molecule has 0 saturated heterocycles. The van der Waals surface area contributed by atoms with Crippen LogP contribution in [0.3, 0.4) is 0 Å².